The van der Waals surface area contributed by atoms with Crippen LogP contribution in [0.3, 0.4) is 0 Å². The normalized spacial score (nSPS) is 8.42. The van der Waals surface area contributed by atoms with Crippen molar-refractivity contribution in [1.29, 1.82) is 0 Å². The molecule has 2 heteroatoms. The van der Waals surface area contributed by atoms with Gasteiger partial charge in [0, 0.05) is 12.4 Å². The second kappa shape index (κ2) is 32.2. The molecule has 0 rings (SSSR count). The number of hydrogen-bond donors (Lipinski definition) is 0. The van der Waals surface area contributed by atoms with Crippen molar-refractivity contribution in [2.45, 2.75) is 41.0 Å². The molecule has 0 unspecified atom stereocenters. The lowest BCUT2D eigenvalue weighted by molar-refractivity contribution is 1.22. The van der Waals surface area contributed by atoms with E-state index in [4.69, 9.17) is 0 Å². The minimum absolute atomic E-state index is 0.925. The third kappa shape index (κ3) is 35.6. The molecule has 0 spiro atoms. The zero-order chi connectivity index (χ0) is 10.2. The lowest BCUT2D eigenvalue weighted by atomic mass is 10.6. The van der Waals surface area contributed by atoms with Crippen molar-refractivity contribution in [3.05, 3.63) is 12.7 Å². The minimum Gasteiger partial charge on any atom is -0.164 e. The van der Waals surface area contributed by atoms with Crippen molar-refractivity contribution < 1.29 is 0 Å². The zero-order valence-electron chi connectivity index (χ0n) is 9.04. The summed E-state index contributed by atoms with van der Waals surface area (Å²) in [5, 5.41) is 7.26. The second-order valence-electron chi connectivity index (χ2n) is 1.21. The van der Waals surface area contributed by atoms with Crippen LogP contribution in [0.4, 0.5) is 0 Å². The van der Waals surface area contributed by atoms with E-state index in [-0.39, 0.29) is 0 Å². The Morgan fingerprint density at radius 2 is 1.58 bits per heavy atom. The monoisotopic (exact) mass is 170 g/mol. The Kier molecular flexibility index (Phi) is 46.3. The lowest BCUT2D eigenvalue weighted by Crippen LogP contribution is -1.64. The molecule has 0 fully saturated rings. The van der Waals surface area contributed by atoms with E-state index >= 15 is 0 Å². The van der Waals surface area contributed by atoms with Crippen LogP contribution < -0.4 is 0 Å². The second-order valence-corrected chi connectivity index (χ2v) is 1.21. The van der Waals surface area contributed by atoms with Crippen LogP contribution in [0, 0.1) is 0 Å². The van der Waals surface area contributed by atoms with Crippen LogP contribution in [0.25, 0.3) is 0 Å². The Morgan fingerprint density at radius 3 is 1.92 bits per heavy atom. The highest BCUT2D eigenvalue weighted by atomic mass is 15.2. The molecule has 12 heavy (non-hydrogen) atoms. The van der Waals surface area contributed by atoms with Gasteiger partial charge < -0.3 is 0 Å². The quantitative estimate of drug-likeness (QED) is 0.456. The molecule has 0 aromatic rings. The SMILES string of the molecule is C=C/C=N\N=C/CC.CC.CC. The third-order valence-corrected chi connectivity index (χ3v) is 0.503. The topological polar surface area (TPSA) is 24.7 Å². The van der Waals surface area contributed by atoms with Gasteiger partial charge in [-0.1, -0.05) is 41.2 Å². The molecule has 0 radical (unpaired) electrons. The first-order chi connectivity index (χ1) is 5.91. The van der Waals surface area contributed by atoms with Crippen molar-refractivity contribution in [2.75, 3.05) is 0 Å². The lowest BCUT2D eigenvalue weighted by Gasteiger charge is -1.71. The number of rotatable bonds is 3. The molecule has 0 aliphatic heterocycles. The third-order valence-electron chi connectivity index (χ3n) is 0.503. The Balaban J connectivity index is -0.000000175. The molecular weight excluding hydrogens is 148 g/mol. The highest BCUT2D eigenvalue weighted by Gasteiger charge is 1.60. The first-order valence-electron chi connectivity index (χ1n) is 4.57. The molecule has 0 atom stereocenters. The molecule has 0 saturated heterocycles. The van der Waals surface area contributed by atoms with E-state index in [0.29, 0.717) is 0 Å². The average molecular weight is 170 g/mol. The molecule has 72 valence electrons. The van der Waals surface area contributed by atoms with Gasteiger partial charge in [-0.25, -0.2) is 0 Å². The van der Waals surface area contributed by atoms with Gasteiger partial charge >= 0.3 is 0 Å². The molecule has 0 N–H and O–H groups in total. The fraction of sp³-hybridized carbons (Fsp3) is 0.600. The summed E-state index contributed by atoms with van der Waals surface area (Å²) in [6.07, 6.45) is 5.80. The molecule has 0 saturated carbocycles. The van der Waals surface area contributed by atoms with Crippen molar-refractivity contribution in [1.82, 2.24) is 0 Å². The zero-order valence-corrected chi connectivity index (χ0v) is 9.04. The molecule has 0 heterocycles. The largest absolute Gasteiger partial charge is 0.164 e. The predicted molar refractivity (Wildman–Crippen MR) is 60.2 cm³/mol. The Bertz CT molecular complexity index is 104. The maximum absolute atomic E-state index is 3.65. The Labute approximate surface area is 77.1 Å². The van der Waals surface area contributed by atoms with Crippen LogP contribution in [0.2, 0.25) is 0 Å². The molecule has 0 aromatic heterocycles. The molecule has 0 aliphatic carbocycles. The summed E-state index contributed by atoms with van der Waals surface area (Å²) in [6, 6.07) is 0. The average Bonchev–Trinajstić information content (AvgIpc) is 2.19. The van der Waals surface area contributed by atoms with Gasteiger partial charge in [-0.3, -0.25) is 0 Å². The van der Waals surface area contributed by atoms with Crippen LogP contribution in [-0.4, -0.2) is 12.4 Å². The predicted octanol–water partition coefficient (Wildman–Crippen LogP) is 3.69. The van der Waals surface area contributed by atoms with Crippen molar-refractivity contribution >= 4 is 12.4 Å². The van der Waals surface area contributed by atoms with E-state index < -0.39 is 0 Å². The summed E-state index contributed by atoms with van der Waals surface area (Å²) in [6.45, 7) is 13.4. The van der Waals surface area contributed by atoms with Crippen LogP contribution in [0.15, 0.2) is 22.9 Å². The summed E-state index contributed by atoms with van der Waals surface area (Å²) in [5.41, 5.74) is 0. The van der Waals surface area contributed by atoms with Gasteiger partial charge in [-0.05, 0) is 12.5 Å². The summed E-state index contributed by atoms with van der Waals surface area (Å²) < 4.78 is 0. The number of nitrogens with zero attached hydrogens (tertiary/aromatic N) is 2. The fourth-order valence-corrected chi connectivity index (χ4v) is 0.214. The van der Waals surface area contributed by atoms with Crippen LogP contribution in [0.5, 0.6) is 0 Å². The van der Waals surface area contributed by atoms with Crippen molar-refractivity contribution in [2.24, 2.45) is 10.2 Å². The van der Waals surface area contributed by atoms with Gasteiger partial charge in [-0.2, -0.15) is 10.2 Å². The van der Waals surface area contributed by atoms with E-state index in [2.05, 4.69) is 16.8 Å². The molecule has 0 bridgehead atoms. The van der Waals surface area contributed by atoms with Crippen LogP contribution >= 0.6 is 0 Å². The van der Waals surface area contributed by atoms with E-state index in [9.17, 15) is 0 Å². The maximum Gasteiger partial charge on any atom is 0.0489 e. The van der Waals surface area contributed by atoms with Crippen molar-refractivity contribution in [3.63, 3.8) is 0 Å². The molecule has 0 aliphatic rings. The van der Waals surface area contributed by atoms with Gasteiger partial charge in [0.15, 0.2) is 0 Å². The first-order valence-corrected chi connectivity index (χ1v) is 4.57. The van der Waals surface area contributed by atoms with Gasteiger partial charge in [0.05, 0.1) is 0 Å². The minimum atomic E-state index is 0.925. The van der Waals surface area contributed by atoms with Gasteiger partial charge in [-0.15, -0.1) is 0 Å². The summed E-state index contributed by atoms with van der Waals surface area (Å²) >= 11 is 0. The van der Waals surface area contributed by atoms with E-state index in [0.717, 1.165) is 6.42 Å². The highest BCUT2D eigenvalue weighted by molar-refractivity contribution is 5.70. The molecule has 0 aromatic carbocycles. The van der Waals surface area contributed by atoms with E-state index in [1.54, 1.807) is 18.5 Å². The standard InChI is InChI=1S/C6H10N2.2C2H6/c1-3-5-7-8-6-4-2;2*1-2/h3,5-6H,1,4H2,2H3;2*1-2H3/b7-5-,8-6-;;. The van der Waals surface area contributed by atoms with Crippen molar-refractivity contribution in [3.8, 4) is 0 Å². The van der Waals surface area contributed by atoms with Crippen LogP contribution in [0.1, 0.15) is 41.0 Å². The molecule has 2 nitrogen and oxygen atoms in total. The Hall–Kier alpha value is -0.920. The van der Waals surface area contributed by atoms with Gasteiger partial charge in [0.1, 0.15) is 0 Å². The van der Waals surface area contributed by atoms with Gasteiger partial charge in [0.2, 0.25) is 0 Å². The van der Waals surface area contributed by atoms with E-state index in [1.807, 2.05) is 34.6 Å². The molecule has 0 amide bonds. The Morgan fingerprint density at radius 1 is 1.08 bits per heavy atom. The molecular formula is C10H22N2. The van der Waals surface area contributed by atoms with E-state index in [1.165, 1.54) is 0 Å². The summed E-state index contributed by atoms with van der Waals surface area (Å²) in [7, 11) is 0. The summed E-state index contributed by atoms with van der Waals surface area (Å²) in [4.78, 5) is 0. The number of hydrogen-bond acceptors (Lipinski definition) is 2. The van der Waals surface area contributed by atoms with Crippen LogP contribution in [-0.2, 0) is 0 Å². The highest BCUT2D eigenvalue weighted by Crippen LogP contribution is 1.70. The number of allylic oxidation sites excluding steroid dienone is 1. The summed E-state index contributed by atoms with van der Waals surface area (Å²) in [5.74, 6) is 0. The smallest absolute Gasteiger partial charge is 0.0489 e. The fourth-order valence-electron chi connectivity index (χ4n) is 0.214. The van der Waals surface area contributed by atoms with Gasteiger partial charge in [0.25, 0.3) is 0 Å². The maximum atomic E-state index is 3.65. The first kappa shape index (κ1) is 17.2.